The summed E-state index contributed by atoms with van der Waals surface area (Å²) in [5, 5.41) is 2.87. The van der Waals surface area contributed by atoms with Gasteiger partial charge >= 0.3 is 5.97 Å². The van der Waals surface area contributed by atoms with Crippen LogP contribution in [-0.2, 0) is 9.53 Å². The van der Waals surface area contributed by atoms with Gasteiger partial charge in [-0.2, -0.15) is 0 Å². The van der Waals surface area contributed by atoms with Gasteiger partial charge in [0.05, 0.1) is 24.9 Å². The third-order valence-electron chi connectivity index (χ3n) is 3.26. The fourth-order valence-corrected chi connectivity index (χ4v) is 2.14. The largest absolute Gasteiger partial charge is 0.465 e. The highest BCUT2D eigenvalue weighted by molar-refractivity contribution is 5.97. The van der Waals surface area contributed by atoms with Gasteiger partial charge in [-0.25, -0.2) is 9.78 Å². The molecule has 0 bridgehead atoms. The van der Waals surface area contributed by atoms with Gasteiger partial charge < -0.3 is 20.7 Å². The van der Waals surface area contributed by atoms with Gasteiger partial charge in [-0.1, -0.05) is 0 Å². The molecular weight excluding hydrogens is 260 g/mol. The molecule has 2 rings (SSSR count). The molecule has 20 heavy (non-hydrogen) atoms. The van der Waals surface area contributed by atoms with E-state index in [0.717, 1.165) is 25.9 Å². The fourth-order valence-electron chi connectivity index (χ4n) is 2.14. The summed E-state index contributed by atoms with van der Waals surface area (Å²) in [6.45, 7) is 1.71. The van der Waals surface area contributed by atoms with Gasteiger partial charge in [0.2, 0.25) is 5.91 Å². The Kier molecular flexibility index (Phi) is 4.39. The van der Waals surface area contributed by atoms with Crippen LogP contribution in [0.2, 0.25) is 0 Å². The summed E-state index contributed by atoms with van der Waals surface area (Å²) in [6.07, 6.45) is 3.54. The minimum Gasteiger partial charge on any atom is -0.465 e. The maximum absolute atomic E-state index is 11.9. The van der Waals surface area contributed by atoms with E-state index in [0.29, 0.717) is 5.82 Å². The summed E-state index contributed by atoms with van der Waals surface area (Å²) in [6, 6.07) is 1.48. The van der Waals surface area contributed by atoms with Crippen LogP contribution in [0.15, 0.2) is 12.3 Å². The lowest BCUT2D eigenvalue weighted by molar-refractivity contribution is -0.128. The number of nitrogens with one attached hydrogen (secondary N) is 1. The number of pyridine rings is 1. The quantitative estimate of drug-likeness (QED) is 0.778. The maximum Gasteiger partial charge on any atom is 0.340 e. The lowest BCUT2D eigenvalue weighted by Gasteiger charge is -2.16. The van der Waals surface area contributed by atoms with Crippen LogP contribution in [0, 0.1) is 0 Å². The SMILES string of the molecule is COC(=O)c1ccnc(NCC(=O)N2CCCC2)c1N. The maximum atomic E-state index is 11.9. The molecule has 0 aromatic carbocycles. The first kappa shape index (κ1) is 14.1. The number of ether oxygens (including phenoxy) is 1. The molecule has 1 aliphatic heterocycles. The molecule has 0 atom stereocenters. The molecule has 3 N–H and O–H groups in total. The highest BCUT2D eigenvalue weighted by Crippen LogP contribution is 2.20. The molecule has 1 saturated heterocycles. The minimum absolute atomic E-state index is 0.00664. The predicted molar refractivity (Wildman–Crippen MR) is 74.3 cm³/mol. The van der Waals surface area contributed by atoms with Gasteiger partial charge in [-0.05, 0) is 18.9 Å². The zero-order valence-electron chi connectivity index (χ0n) is 11.4. The number of carbonyl (C=O) groups is 2. The molecule has 7 nitrogen and oxygen atoms in total. The summed E-state index contributed by atoms with van der Waals surface area (Å²) in [5.74, 6) is -0.202. The lowest BCUT2D eigenvalue weighted by atomic mass is 10.2. The van der Waals surface area contributed by atoms with Crippen LogP contribution >= 0.6 is 0 Å². The van der Waals surface area contributed by atoms with E-state index in [2.05, 4.69) is 15.0 Å². The second-order valence-corrected chi connectivity index (χ2v) is 4.55. The predicted octanol–water partition coefficient (Wildman–Crippen LogP) is 0.485. The second kappa shape index (κ2) is 6.23. The van der Waals surface area contributed by atoms with Crippen molar-refractivity contribution in [3.05, 3.63) is 17.8 Å². The van der Waals surface area contributed by atoms with Crippen molar-refractivity contribution in [3.8, 4) is 0 Å². The molecule has 0 aliphatic carbocycles. The third kappa shape index (κ3) is 2.98. The van der Waals surface area contributed by atoms with E-state index in [9.17, 15) is 9.59 Å². The van der Waals surface area contributed by atoms with Crippen molar-refractivity contribution < 1.29 is 14.3 Å². The van der Waals surface area contributed by atoms with Crippen LogP contribution in [0.4, 0.5) is 11.5 Å². The molecule has 0 saturated carbocycles. The Morgan fingerprint density at radius 3 is 2.80 bits per heavy atom. The van der Waals surface area contributed by atoms with E-state index in [1.807, 2.05) is 0 Å². The first-order valence-corrected chi connectivity index (χ1v) is 6.48. The van der Waals surface area contributed by atoms with E-state index >= 15 is 0 Å². The number of nitrogens with zero attached hydrogens (tertiary/aromatic N) is 2. The standard InChI is InChI=1S/C13H18N4O3/c1-20-13(19)9-4-5-15-12(11(9)14)16-8-10(18)17-6-2-3-7-17/h4-5H,2-3,6-8,14H2,1H3,(H,15,16). The number of rotatable bonds is 4. The molecule has 0 spiro atoms. The van der Waals surface area contributed by atoms with Crippen molar-refractivity contribution >= 4 is 23.4 Å². The Morgan fingerprint density at radius 1 is 1.45 bits per heavy atom. The highest BCUT2D eigenvalue weighted by Gasteiger charge is 2.19. The average Bonchev–Trinajstić information content (AvgIpc) is 2.99. The van der Waals surface area contributed by atoms with E-state index in [-0.39, 0.29) is 23.7 Å². The summed E-state index contributed by atoms with van der Waals surface area (Å²) in [4.78, 5) is 29.2. The number of anilines is 2. The number of nitrogen functional groups attached to an aromatic ring is 1. The monoisotopic (exact) mass is 278 g/mol. The summed E-state index contributed by atoms with van der Waals surface area (Å²) < 4.78 is 4.63. The normalized spacial score (nSPS) is 14.2. The van der Waals surface area contributed by atoms with Gasteiger partial charge in [-0.15, -0.1) is 0 Å². The zero-order valence-corrected chi connectivity index (χ0v) is 11.4. The van der Waals surface area contributed by atoms with Crippen LogP contribution in [0.25, 0.3) is 0 Å². The number of hydrogen-bond donors (Lipinski definition) is 2. The first-order chi connectivity index (χ1) is 9.63. The lowest BCUT2D eigenvalue weighted by Crippen LogP contribution is -2.33. The van der Waals surface area contributed by atoms with E-state index < -0.39 is 5.97 Å². The van der Waals surface area contributed by atoms with Crippen molar-refractivity contribution in [2.45, 2.75) is 12.8 Å². The molecule has 1 aliphatic rings. The van der Waals surface area contributed by atoms with Gasteiger partial charge in [-0.3, -0.25) is 4.79 Å². The van der Waals surface area contributed by atoms with Crippen molar-refractivity contribution in [1.82, 2.24) is 9.88 Å². The molecule has 1 aromatic rings. The summed E-state index contributed by atoms with van der Waals surface area (Å²) >= 11 is 0. The van der Waals surface area contributed by atoms with Crippen molar-refractivity contribution in [3.63, 3.8) is 0 Å². The van der Waals surface area contributed by atoms with Gasteiger partial charge in [0.25, 0.3) is 0 Å². The number of methoxy groups -OCH3 is 1. The molecule has 2 heterocycles. The zero-order chi connectivity index (χ0) is 14.5. The van der Waals surface area contributed by atoms with Gasteiger partial charge in [0.1, 0.15) is 5.82 Å². The Hall–Kier alpha value is -2.31. The van der Waals surface area contributed by atoms with E-state index in [1.54, 1.807) is 4.90 Å². The third-order valence-corrected chi connectivity index (χ3v) is 3.26. The highest BCUT2D eigenvalue weighted by atomic mass is 16.5. The van der Waals surface area contributed by atoms with E-state index in [1.165, 1.54) is 19.4 Å². The number of amides is 1. The molecular formula is C13H18N4O3. The minimum atomic E-state index is -0.529. The molecule has 0 radical (unpaired) electrons. The van der Waals surface area contributed by atoms with Gasteiger partial charge in [0, 0.05) is 19.3 Å². The Bertz CT molecular complexity index is 512. The molecule has 1 aromatic heterocycles. The second-order valence-electron chi connectivity index (χ2n) is 4.55. The van der Waals surface area contributed by atoms with Crippen LogP contribution in [0.5, 0.6) is 0 Å². The molecule has 1 fully saturated rings. The molecule has 7 heteroatoms. The Balaban J connectivity index is 2.02. The number of esters is 1. The topological polar surface area (TPSA) is 97.5 Å². The Labute approximate surface area is 117 Å². The number of carbonyl (C=O) groups excluding carboxylic acids is 2. The molecule has 1 amide bonds. The molecule has 0 unspecified atom stereocenters. The summed E-state index contributed by atoms with van der Waals surface area (Å²) in [5.41, 5.74) is 6.27. The first-order valence-electron chi connectivity index (χ1n) is 6.48. The fraction of sp³-hybridized carbons (Fsp3) is 0.462. The van der Waals surface area contributed by atoms with E-state index in [4.69, 9.17) is 5.73 Å². The number of hydrogen-bond acceptors (Lipinski definition) is 6. The van der Waals surface area contributed by atoms with Crippen LogP contribution in [-0.4, -0.2) is 48.5 Å². The number of nitrogens with two attached hydrogens (primary N) is 1. The van der Waals surface area contributed by atoms with Crippen LogP contribution in [0.3, 0.4) is 0 Å². The van der Waals surface area contributed by atoms with Crippen molar-refractivity contribution in [2.75, 3.05) is 37.8 Å². The smallest absolute Gasteiger partial charge is 0.340 e. The summed E-state index contributed by atoms with van der Waals surface area (Å²) in [7, 11) is 1.28. The average molecular weight is 278 g/mol. The number of aromatic nitrogens is 1. The van der Waals surface area contributed by atoms with Crippen LogP contribution in [0.1, 0.15) is 23.2 Å². The molecule has 108 valence electrons. The van der Waals surface area contributed by atoms with Crippen LogP contribution < -0.4 is 11.1 Å². The van der Waals surface area contributed by atoms with Crippen molar-refractivity contribution in [1.29, 1.82) is 0 Å². The Morgan fingerprint density at radius 2 is 2.15 bits per heavy atom. The number of likely N-dealkylation sites (tertiary alicyclic amines) is 1. The van der Waals surface area contributed by atoms with Gasteiger partial charge in [0.15, 0.2) is 0 Å². The van der Waals surface area contributed by atoms with Crippen molar-refractivity contribution in [2.24, 2.45) is 0 Å².